The minimum atomic E-state index is -0.125. The molecule has 0 spiro atoms. The molecule has 24 heavy (non-hydrogen) atoms. The number of aryl methyl sites for hydroxylation is 1. The van der Waals surface area contributed by atoms with Crippen molar-refractivity contribution in [2.45, 2.75) is 13.8 Å². The summed E-state index contributed by atoms with van der Waals surface area (Å²) < 4.78 is 3.44. The van der Waals surface area contributed by atoms with Gasteiger partial charge in [0.05, 0.1) is 11.9 Å². The molecule has 4 heteroatoms. The number of nitrogens with zero attached hydrogens (tertiary/aromatic N) is 3. The lowest BCUT2D eigenvalue weighted by Crippen LogP contribution is -2.16. The summed E-state index contributed by atoms with van der Waals surface area (Å²) in [6, 6.07) is 18.1. The van der Waals surface area contributed by atoms with Crippen LogP contribution in [0.15, 0.2) is 71.8 Å². The summed E-state index contributed by atoms with van der Waals surface area (Å²) in [5.41, 5.74) is 6.41. The van der Waals surface area contributed by atoms with Gasteiger partial charge in [-0.1, -0.05) is 36.4 Å². The highest BCUT2D eigenvalue weighted by Gasteiger charge is 2.12. The van der Waals surface area contributed by atoms with Gasteiger partial charge in [-0.2, -0.15) is 9.61 Å². The Hall–Kier alpha value is -3.14. The zero-order valence-corrected chi connectivity index (χ0v) is 13.6. The third kappa shape index (κ3) is 2.24. The first kappa shape index (κ1) is 14.5. The van der Waals surface area contributed by atoms with Gasteiger partial charge in [0, 0.05) is 18.3 Å². The lowest BCUT2D eigenvalue weighted by molar-refractivity contribution is 0.865. The van der Waals surface area contributed by atoms with Gasteiger partial charge in [0.1, 0.15) is 5.65 Å². The molecule has 2 heterocycles. The summed E-state index contributed by atoms with van der Waals surface area (Å²) in [5.74, 6) is 0. The minimum absolute atomic E-state index is 0.125. The second-order valence-electron chi connectivity index (χ2n) is 5.95. The molecule has 2 aromatic heterocycles. The highest BCUT2D eigenvalue weighted by molar-refractivity contribution is 5.72. The molecule has 2 aromatic carbocycles. The normalized spacial score (nSPS) is 11.1. The van der Waals surface area contributed by atoms with E-state index in [1.165, 1.54) is 26.8 Å². The van der Waals surface area contributed by atoms with E-state index < -0.39 is 0 Å². The molecule has 4 aromatic rings. The van der Waals surface area contributed by atoms with Crippen molar-refractivity contribution in [2.75, 3.05) is 0 Å². The van der Waals surface area contributed by atoms with E-state index in [1.807, 2.05) is 35.0 Å². The van der Waals surface area contributed by atoms with E-state index in [4.69, 9.17) is 0 Å². The van der Waals surface area contributed by atoms with Crippen LogP contribution in [-0.2, 0) is 0 Å². The van der Waals surface area contributed by atoms with Crippen molar-refractivity contribution >= 4 is 5.65 Å². The Morgan fingerprint density at radius 2 is 1.75 bits per heavy atom. The number of benzene rings is 2. The van der Waals surface area contributed by atoms with Gasteiger partial charge in [0.15, 0.2) is 0 Å². The van der Waals surface area contributed by atoms with Crippen LogP contribution in [-0.4, -0.2) is 14.2 Å². The predicted octanol–water partition coefficient (Wildman–Crippen LogP) is 3.77. The number of fused-ring (bicyclic) bond motifs is 1. The summed E-state index contributed by atoms with van der Waals surface area (Å²) >= 11 is 0. The summed E-state index contributed by atoms with van der Waals surface area (Å²) in [4.78, 5) is 12.0. The van der Waals surface area contributed by atoms with Gasteiger partial charge in [-0.05, 0) is 42.2 Å². The van der Waals surface area contributed by atoms with E-state index in [0.29, 0.717) is 0 Å². The quantitative estimate of drug-likeness (QED) is 0.565. The number of aromatic nitrogens is 3. The van der Waals surface area contributed by atoms with Crippen molar-refractivity contribution < 1.29 is 0 Å². The molecule has 0 saturated carbocycles. The Morgan fingerprint density at radius 3 is 2.54 bits per heavy atom. The zero-order valence-electron chi connectivity index (χ0n) is 13.6. The Labute approximate surface area is 139 Å². The maximum absolute atomic E-state index is 12.0. The van der Waals surface area contributed by atoms with Crippen LogP contribution in [0.3, 0.4) is 0 Å². The average Bonchev–Trinajstić information content (AvgIpc) is 3.09. The lowest BCUT2D eigenvalue weighted by atomic mass is 9.96. The molecule has 0 aliphatic carbocycles. The fourth-order valence-corrected chi connectivity index (χ4v) is 3.14. The summed E-state index contributed by atoms with van der Waals surface area (Å²) in [7, 11) is 0. The third-order valence-electron chi connectivity index (χ3n) is 4.31. The molecule has 0 radical (unpaired) electrons. The van der Waals surface area contributed by atoms with Gasteiger partial charge in [0.2, 0.25) is 0 Å². The molecule has 0 amide bonds. The maximum atomic E-state index is 12.0. The molecular formula is C20H17N3O. The standard InChI is InChI=1S/C20H17N3O/c1-14-12-17(16-6-4-3-5-7-16)15(2)18(13-14)22-11-9-20(24)23-19(22)8-10-21-23/h3-13H,1-2H3. The smallest absolute Gasteiger partial charge is 0.274 e. The van der Waals surface area contributed by atoms with E-state index in [9.17, 15) is 4.79 Å². The Kier molecular flexibility index (Phi) is 3.31. The van der Waals surface area contributed by atoms with Crippen molar-refractivity contribution in [3.05, 3.63) is 88.5 Å². The Balaban J connectivity index is 2.02. The van der Waals surface area contributed by atoms with Gasteiger partial charge >= 0.3 is 0 Å². The predicted molar refractivity (Wildman–Crippen MR) is 95.7 cm³/mol. The average molecular weight is 315 g/mol. The molecule has 0 saturated heterocycles. The van der Waals surface area contributed by atoms with Crippen molar-refractivity contribution in [3.8, 4) is 16.8 Å². The number of hydrogen-bond acceptors (Lipinski definition) is 2. The summed E-state index contributed by atoms with van der Waals surface area (Å²) in [6.07, 6.45) is 3.46. The van der Waals surface area contributed by atoms with Crippen LogP contribution in [0.2, 0.25) is 0 Å². The molecule has 0 atom stereocenters. The number of hydrogen-bond donors (Lipinski definition) is 0. The molecule has 118 valence electrons. The summed E-state index contributed by atoms with van der Waals surface area (Å²) in [5, 5.41) is 4.12. The van der Waals surface area contributed by atoms with Gasteiger partial charge in [0.25, 0.3) is 5.56 Å². The van der Waals surface area contributed by atoms with Gasteiger partial charge in [-0.25, -0.2) is 0 Å². The third-order valence-corrected chi connectivity index (χ3v) is 4.31. The minimum Gasteiger partial charge on any atom is -0.301 e. The van der Waals surface area contributed by atoms with Crippen LogP contribution in [0.1, 0.15) is 11.1 Å². The van der Waals surface area contributed by atoms with Crippen molar-refractivity contribution in [2.24, 2.45) is 0 Å². The molecule has 0 fully saturated rings. The largest absolute Gasteiger partial charge is 0.301 e. The molecular weight excluding hydrogens is 298 g/mol. The first-order valence-corrected chi connectivity index (χ1v) is 7.87. The maximum Gasteiger partial charge on any atom is 0.274 e. The van der Waals surface area contributed by atoms with Crippen LogP contribution >= 0.6 is 0 Å². The van der Waals surface area contributed by atoms with E-state index in [2.05, 4.69) is 43.2 Å². The second-order valence-corrected chi connectivity index (χ2v) is 5.95. The van der Waals surface area contributed by atoms with Crippen LogP contribution in [0.25, 0.3) is 22.5 Å². The van der Waals surface area contributed by atoms with Crippen molar-refractivity contribution in [3.63, 3.8) is 0 Å². The Morgan fingerprint density at radius 1 is 0.958 bits per heavy atom. The molecule has 0 aliphatic rings. The van der Waals surface area contributed by atoms with Crippen molar-refractivity contribution in [1.29, 1.82) is 0 Å². The van der Waals surface area contributed by atoms with Gasteiger partial charge in [-0.15, -0.1) is 0 Å². The van der Waals surface area contributed by atoms with Gasteiger partial charge < -0.3 is 4.57 Å². The van der Waals surface area contributed by atoms with Crippen LogP contribution < -0.4 is 5.56 Å². The molecule has 0 bridgehead atoms. The highest BCUT2D eigenvalue weighted by atomic mass is 16.1. The summed E-state index contributed by atoms with van der Waals surface area (Å²) in [6.45, 7) is 4.20. The topological polar surface area (TPSA) is 39.3 Å². The lowest BCUT2D eigenvalue weighted by Gasteiger charge is -2.16. The van der Waals surface area contributed by atoms with Crippen molar-refractivity contribution in [1.82, 2.24) is 14.2 Å². The monoisotopic (exact) mass is 315 g/mol. The zero-order chi connectivity index (χ0) is 16.7. The van der Waals surface area contributed by atoms with E-state index >= 15 is 0 Å². The molecule has 0 N–H and O–H groups in total. The number of rotatable bonds is 2. The first-order chi connectivity index (χ1) is 11.6. The highest BCUT2D eigenvalue weighted by Crippen LogP contribution is 2.29. The first-order valence-electron chi connectivity index (χ1n) is 7.87. The fraction of sp³-hybridized carbons (Fsp3) is 0.100. The SMILES string of the molecule is Cc1cc(-c2ccccc2)c(C)c(-n2ccc(=O)n3nccc23)c1. The molecule has 0 unspecified atom stereocenters. The van der Waals surface area contributed by atoms with Gasteiger partial charge in [-0.3, -0.25) is 4.79 Å². The van der Waals surface area contributed by atoms with E-state index in [-0.39, 0.29) is 5.56 Å². The van der Waals surface area contributed by atoms with Crippen LogP contribution in [0.5, 0.6) is 0 Å². The van der Waals surface area contributed by atoms with Crippen LogP contribution in [0, 0.1) is 13.8 Å². The van der Waals surface area contributed by atoms with Crippen LogP contribution in [0.4, 0.5) is 0 Å². The second kappa shape index (κ2) is 5.49. The molecule has 0 aliphatic heterocycles. The molecule has 4 rings (SSSR count). The fourth-order valence-electron chi connectivity index (χ4n) is 3.14. The molecule has 4 nitrogen and oxygen atoms in total. The Bertz CT molecular complexity index is 1090. The van der Waals surface area contributed by atoms with E-state index in [0.717, 1.165) is 11.3 Å². The van der Waals surface area contributed by atoms with E-state index in [1.54, 1.807) is 12.3 Å².